The third-order valence-electron chi connectivity index (χ3n) is 9.20. The summed E-state index contributed by atoms with van der Waals surface area (Å²) in [6.45, 7) is 1.69. The predicted molar refractivity (Wildman–Crippen MR) is 186 cm³/mol. The number of rotatable bonds is 9. The molecule has 0 saturated carbocycles. The fourth-order valence-corrected chi connectivity index (χ4v) is 8.71. The number of hydrogen-bond acceptors (Lipinski definition) is 5. The van der Waals surface area contributed by atoms with Gasteiger partial charge in [-0.15, -0.1) is 0 Å². The first-order valence-electron chi connectivity index (χ1n) is 15.9. The molecule has 0 aliphatic carbocycles. The van der Waals surface area contributed by atoms with Crippen molar-refractivity contribution in [2.24, 2.45) is 11.8 Å². The zero-order valence-electron chi connectivity index (χ0n) is 26.5. The van der Waals surface area contributed by atoms with Crippen LogP contribution in [0, 0.1) is 11.8 Å². The molecule has 248 valence electrons. The maximum absolute atomic E-state index is 14.6. The summed E-state index contributed by atoms with van der Waals surface area (Å²) in [4.78, 5) is 35.8. The monoisotopic (exact) mass is 695 g/mol. The Morgan fingerprint density at radius 3 is 2.45 bits per heavy atom. The standard InChI is InChI=1S/C35H39Cl2N5O4S/c1-40(2)21-23-18-29-30(37)7-5-9-33(29)42(22-23)35(44)32(19-25-20-38-31-8-4-3-6-28(25)31)39-34(43)24-14-16-41(17-15-24)47(45,46)27-12-10-26(36)11-13-27/h3-13,20,23-24,32,38H,14-19,21-22H2,1-2H3,(H,39,43)/t23-,32-/m1/s1. The first-order valence-corrected chi connectivity index (χ1v) is 18.1. The Labute approximate surface area is 285 Å². The van der Waals surface area contributed by atoms with Crippen LogP contribution in [0.3, 0.4) is 0 Å². The minimum Gasteiger partial charge on any atom is -0.361 e. The Kier molecular flexibility index (Phi) is 9.96. The van der Waals surface area contributed by atoms with Crippen molar-refractivity contribution >= 4 is 61.6 Å². The molecule has 2 atom stereocenters. The first kappa shape index (κ1) is 33.5. The van der Waals surface area contributed by atoms with Crippen LogP contribution in [0.15, 0.2) is 77.8 Å². The van der Waals surface area contributed by atoms with Gasteiger partial charge in [-0.05, 0) is 92.9 Å². The zero-order chi connectivity index (χ0) is 33.3. The lowest BCUT2D eigenvalue weighted by atomic mass is 9.90. The molecule has 3 heterocycles. The second-order valence-corrected chi connectivity index (χ2v) is 15.6. The van der Waals surface area contributed by atoms with Crippen LogP contribution in [0.25, 0.3) is 10.9 Å². The van der Waals surface area contributed by atoms with Gasteiger partial charge < -0.3 is 20.1 Å². The summed E-state index contributed by atoms with van der Waals surface area (Å²) in [5.41, 5.74) is 3.59. The highest BCUT2D eigenvalue weighted by Crippen LogP contribution is 2.36. The van der Waals surface area contributed by atoms with Crippen molar-refractivity contribution in [3.05, 3.63) is 94.1 Å². The maximum atomic E-state index is 14.6. The quantitative estimate of drug-likeness (QED) is 0.245. The number of para-hydroxylation sites is 1. The molecule has 0 unspecified atom stereocenters. The summed E-state index contributed by atoms with van der Waals surface area (Å²) >= 11 is 12.6. The molecule has 3 aromatic carbocycles. The minimum atomic E-state index is -3.72. The summed E-state index contributed by atoms with van der Waals surface area (Å²) in [5.74, 6) is -0.717. The van der Waals surface area contributed by atoms with Crippen molar-refractivity contribution in [1.29, 1.82) is 0 Å². The molecule has 2 amide bonds. The van der Waals surface area contributed by atoms with Gasteiger partial charge >= 0.3 is 0 Å². The van der Waals surface area contributed by atoms with Gasteiger partial charge in [0.1, 0.15) is 6.04 Å². The van der Waals surface area contributed by atoms with Gasteiger partial charge in [-0.3, -0.25) is 9.59 Å². The second-order valence-electron chi connectivity index (χ2n) is 12.8. The molecular weight excluding hydrogens is 657 g/mol. The van der Waals surface area contributed by atoms with Crippen molar-refractivity contribution in [2.75, 3.05) is 45.2 Å². The first-order chi connectivity index (χ1) is 22.5. The van der Waals surface area contributed by atoms with E-state index in [1.54, 1.807) is 17.0 Å². The Balaban J connectivity index is 1.24. The normalized spacial score (nSPS) is 18.3. The van der Waals surface area contributed by atoms with Crippen molar-refractivity contribution in [3.8, 4) is 0 Å². The van der Waals surface area contributed by atoms with Crippen LogP contribution < -0.4 is 10.2 Å². The summed E-state index contributed by atoms with van der Waals surface area (Å²) in [6.07, 6.45) is 3.64. The molecule has 2 N–H and O–H groups in total. The molecule has 2 aliphatic heterocycles. The smallest absolute Gasteiger partial charge is 0.249 e. The molecule has 4 aromatic rings. The van der Waals surface area contributed by atoms with Crippen molar-refractivity contribution in [2.45, 2.75) is 36.6 Å². The number of hydrogen-bond donors (Lipinski definition) is 2. The molecule has 12 heteroatoms. The number of aromatic amines is 1. The SMILES string of the molecule is CN(C)C[C@H]1Cc2c(Cl)cccc2N(C(=O)[C@@H](Cc2c[nH]c3ccccc23)NC(=O)C2CCN(S(=O)(=O)c3ccc(Cl)cc3)CC2)C1. The number of nitrogens with one attached hydrogen (secondary N) is 2. The van der Waals surface area contributed by atoms with Crippen LogP contribution in [0.4, 0.5) is 5.69 Å². The van der Waals surface area contributed by atoms with Crippen LogP contribution in [0.2, 0.25) is 10.0 Å². The van der Waals surface area contributed by atoms with Crippen LogP contribution in [0.1, 0.15) is 24.0 Å². The lowest BCUT2D eigenvalue weighted by Crippen LogP contribution is -2.54. The molecule has 1 aromatic heterocycles. The number of nitrogens with zero attached hydrogens (tertiary/aromatic N) is 3. The van der Waals surface area contributed by atoms with E-state index in [1.807, 2.05) is 62.8 Å². The number of benzene rings is 3. The number of sulfonamides is 1. The molecule has 1 saturated heterocycles. The van der Waals surface area contributed by atoms with Gasteiger partial charge in [0, 0.05) is 71.4 Å². The number of amides is 2. The molecule has 9 nitrogen and oxygen atoms in total. The van der Waals surface area contributed by atoms with Crippen LogP contribution in [0.5, 0.6) is 0 Å². The van der Waals surface area contributed by atoms with Crippen LogP contribution in [-0.2, 0) is 32.5 Å². The van der Waals surface area contributed by atoms with E-state index in [2.05, 4.69) is 15.2 Å². The number of fused-ring (bicyclic) bond motifs is 2. The predicted octanol–water partition coefficient (Wildman–Crippen LogP) is 5.37. The highest BCUT2D eigenvalue weighted by Gasteiger charge is 2.37. The van der Waals surface area contributed by atoms with E-state index in [1.165, 1.54) is 16.4 Å². The molecular formula is C35H39Cl2N5O4S. The molecule has 0 bridgehead atoms. The summed E-state index contributed by atoms with van der Waals surface area (Å²) in [7, 11) is 0.313. The topological polar surface area (TPSA) is 106 Å². The third kappa shape index (κ3) is 7.22. The average molecular weight is 697 g/mol. The Hall–Kier alpha value is -3.41. The summed E-state index contributed by atoms with van der Waals surface area (Å²) in [6, 6.07) is 18.8. The molecule has 0 spiro atoms. The molecule has 0 radical (unpaired) electrons. The van der Waals surface area contributed by atoms with Crippen molar-refractivity contribution in [1.82, 2.24) is 19.5 Å². The maximum Gasteiger partial charge on any atom is 0.249 e. The van der Waals surface area contributed by atoms with E-state index in [9.17, 15) is 18.0 Å². The van der Waals surface area contributed by atoms with E-state index < -0.39 is 22.0 Å². The van der Waals surface area contributed by atoms with E-state index in [-0.39, 0.29) is 35.7 Å². The zero-order valence-corrected chi connectivity index (χ0v) is 28.8. The number of H-pyrrole nitrogens is 1. The molecule has 1 fully saturated rings. The average Bonchev–Trinajstić information content (AvgIpc) is 3.47. The Bertz CT molecular complexity index is 1870. The van der Waals surface area contributed by atoms with Crippen molar-refractivity contribution < 1.29 is 18.0 Å². The number of carbonyl (C=O) groups is 2. The van der Waals surface area contributed by atoms with Gasteiger partial charge in [-0.2, -0.15) is 4.31 Å². The number of piperidine rings is 1. The van der Waals surface area contributed by atoms with E-state index in [0.717, 1.165) is 40.7 Å². The fraction of sp³-hybridized carbons (Fsp3) is 0.371. The van der Waals surface area contributed by atoms with Gasteiger partial charge in [0.2, 0.25) is 21.8 Å². The molecule has 2 aliphatic rings. The fourth-order valence-electron chi connectivity index (χ4n) is 6.87. The highest BCUT2D eigenvalue weighted by atomic mass is 35.5. The number of aromatic nitrogens is 1. The van der Waals surface area contributed by atoms with Crippen LogP contribution >= 0.6 is 23.2 Å². The Morgan fingerprint density at radius 1 is 1.00 bits per heavy atom. The van der Waals surface area contributed by atoms with Crippen LogP contribution in [-0.4, -0.2) is 80.7 Å². The van der Waals surface area contributed by atoms with Gasteiger partial charge in [0.25, 0.3) is 0 Å². The number of carbonyl (C=O) groups excluding carboxylic acids is 2. The largest absolute Gasteiger partial charge is 0.361 e. The summed E-state index contributed by atoms with van der Waals surface area (Å²) in [5, 5.41) is 5.19. The minimum absolute atomic E-state index is 0.165. The summed E-state index contributed by atoms with van der Waals surface area (Å²) < 4.78 is 27.9. The molecule has 6 rings (SSSR count). The van der Waals surface area contributed by atoms with Gasteiger partial charge in [0.05, 0.1) is 4.90 Å². The van der Waals surface area contributed by atoms with E-state index >= 15 is 0 Å². The molecule has 47 heavy (non-hydrogen) atoms. The Morgan fingerprint density at radius 2 is 1.72 bits per heavy atom. The van der Waals surface area contributed by atoms with E-state index in [4.69, 9.17) is 23.2 Å². The number of anilines is 1. The highest BCUT2D eigenvalue weighted by molar-refractivity contribution is 7.89. The van der Waals surface area contributed by atoms with Gasteiger partial charge in [-0.25, -0.2) is 8.42 Å². The third-order valence-corrected chi connectivity index (χ3v) is 11.7. The van der Waals surface area contributed by atoms with Gasteiger partial charge in [-0.1, -0.05) is 47.5 Å². The van der Waals surface area contributed by atoms with Gasteiger partial charge in [0.15, 0.2) is 0 Å². The van der Waals surface area contributed by atoms with E-state index in [0.29, 0.717) is 35.9 Å². The lowest BCUT2D eigenvalue weighted by Gasteiger charge is -2.38. The lowest BCUT2D eigenvalue weighted by molar-refractivity contribution is -0.131. The number of halogens is 2. The second kappa shape index (κ2) is 14.0. The van der Waals surface area contributed by atoms with Crippen molar-refractivity contribution in [3.63, 3.8) is 0 Å².